The second-order valence-corrected chi connectivity index (χ2v) is 8.17. The van der Waals surface area contributed by atoms with Crippen LogP contribution in [0.1, 0.15) is 11.1 Å². The highest BCUT2D eigenvalue weighted by atomic mass is 35.5. The number of halogens is 1. The molecule has 0 aliphatic carbocycles. The Bertz CT molecular complexity index is 1430. The van der Waals surface area contributed by atoms with Gasteiger partial charge in [-0.3, -0.25) is 4.79 Å². The minimum Gasteiger partial charge on any atom is -0.352 e. The number of hydrogen-bond donors (Lipinski definition) is 1. The van der Waals surface area contributed by atoms with E-state index < -0.39 is 0 Å². The molecular weight excluding hydrogens is 416 g/mol. The Hall–Kier alpha value is -3.69. The van der Waals surface area contributed by atoms with Crippen molar-refractivity contribution in [2.24, 2.45) is 0 Å². The number of aromatic nitrogens is 1. The maximum Gasteiger partial charge on any atom is 0.224 e. The number of hydrogen-bond acceptors (Lipinski definition) is 2. The summed E-state index contributed by atoms with van der Waals surface area (Å²) in [7, 11) is 0. The molecular formula is C28H21ClN2O. The van der Waals surface area contributed by atoms with E-state index in [1.165, 1.54) is 0 Å². The highest BCUT2D eigenvalue weighted by Crippen LogP contribution is 2.33. The number of nitrogens with zero attached hydrogens (tertiary/aromatic N) is 1. The summed E-state index contributed by atoms with van der Waals surface area (Å²) in [4.78, 5) is 17.8. The molecule has 0 atom stereocenters. The molecule has 0 saturated carbocycles. The molecule has 156 valence electrons. The molecule has 0 fully saturated rings. The summed E-state index contributed by atoms with van der Waals surface area (Å²) in [6.45, 7) is 0.501. The Balaban J connectivity index is 1.59. The van der Waals surface area contributed by atoms with Crippen LogP contribution in [0.3, 0.4) is 0 Å². The number of carbonyl (C=O) groups is 1. The molecule has 5 rings (SSSR count). The summed E-state index contributed by atoms with van der Waals surface area (Å²) in [6, 6.07) is 31.9. The van der Waals surface area contributed by atoms with E-state index in [-0.39, 0.29) is 12.3 Å². The molecule has 0 aliphatic heterocycles. The molecule has 1 heterocycles. The first-order chi connectivity index (χ1) is 15.7. The summed E-state index contributed by atoms with van der Waals surface area (Å²) in [5.41, 5.74) is 4.49. The van der Waals surface area contributed by atoms with Gasteiger partial charge in [-0.2, -0.15) is 0 Å². The third kappa shape index (κ3) is 4.08. The fourth-order valence-electron chi connectivity index (χ4n) is 4.07. The van der Waals surface area contributed by atoms with Gasteiger partial charge in [0.15, 0.2) is 0 Å². The quantitative estimate of drug-likeness (QED) is 0.317. The van der Waals surface area contributed by atoms with E-state index in [0.29, 0.717) is 11.6 Å². The molecule has 0 spiro atoms. The minimum absolute atomic E-state index is 0.0283. The molecule has 5 aromatic rings. The normalized spacial score (nSPS) is 11.0. The molecule has 0 aliphatic rings. The number of pyridine rings is 1. The molecule has 1 amide bonds. The van der Waals surface area contributed by atoms with Crippen molar-refractivity contribution in [3.63, 3.8) is 0 Å². The Morgan fingerprint density at radius 3 is 2.44 bits per heavy atom. The lowest BCUT2D eigenvalue weighted by molar-refractivity contribution is -0.120. The lowest BCUT2D eigenvalue weighted by Gasteiger charge is -2.13. The van der Waals surface area contributed by atoms with Gasteiger partial charge < -0.3 is 5.32 Å². The van der Waals surface area contributed by atoms with Crippen LogP contribution < -0.4 is 5.32 Å². The van der Waals surface area contributed by atoms with Crippen LogP contribution in [0.2, 0.25) is 5.02 Å². The van der Waals surface area contributed by atoms with Crippen LogP contribution in [0.15, 0.2) is 97.1 Å². The van der Waals surface area contributed by atoms with Gasteiger partial charge in [0.1, 0.15) is 0 Å². The Kier molecular flexibility index (Phi) is 5.57. The summed E-state index contributed by atoms with van der Waals surface area (Å²) in [6.07, 6.45) is 0.261. The average molecular weight is 437 g/mol. The molecule has 1 N–H and O–H groups in total. The van der Waals surface area contributed by atoms with Crippen LogP contribution in [0.5, 0.6) is 0 Å². The summed E-state index contributed by atoms with van der Waals surface area (Å²) in [5, 5.41) is 6.91. The van der Waals surface area contributed by atoms with E-state index in [4.69, 9.17) is 16.6 Å². The fourth-order valence-corrected chi connectivity index (χ4v) is 4.30. The summed E-state index contributed by atoms with van der Waals surface area (Å²) >= 11 is 6.46. The first kappa shape index (κ1) is 20.2. The van der Waals surface area contributed by atoms with E-state index >= 15 is 0 Å². The van der Waals surface area contributed by atoms with Crippen molar-refractivity contribution in [2.45, 2.75) is 13.0 Å². The van der Waals surface area contributed by atoms with Gasteiger partial charge in [0.2, 0.25) is 5.91 Å². The van der Waals surface area contributed by atoms with E-state index in [1.54, 1.807) is 0 Å². The van der Waals surface area contributed by atoms with Crippen LogP contribution in [0.25, 0.3) is 32.9 Å². The van der Waals surface area contributed by atoms with Crippen molar-refractivity contribution in [1.82, 2.24) is 10.3 Å². The highest BCUT2D eigenvalue weighted by molar-refractivity contribution is 6.33. The van der Waals surface area contributed by atoms with Gasteiger partial charge in [-0.1, -0.05) is 90.5 Å². The van der Waals surface area contributed by atoms with Crippen molar-refractivity contribution in [1.29, 1.82) is 0 Å². The lowest BCUT2D eigenvalue weighted by atomic mass is 9.97. The van der Waals surface area contributed by atoms with Crippen LogP contribution >= 0.6 is 11.6 Å². The molecule has 0 radical (unpaired) electrons. The summed E-state index contributed by atoms with van der Waals surface area (Å²) in [5.74, 6) is -0.0283. The SMILES string of the molecule is O=C(Cc1cc(-c2ccccc2Cl)nc2ccc3ccccc3c12)NCc1ccccc1. The van der Waals surface area contributed by atoms with Crippen LogP contribution in [0.4, 0.5) is 0 Å². The third-order valence-corrected chi connectivity index (χ3v) is 5.94. The molecule has 4 aromatic carbocycles. The molecule has 0 saturated heterocycles. The van der Waals surface area contributed by atoms with E-state index in [0.717, 1.165) is 44.1 Å². The van der Waals surface area contributed by atoms with Crippen molar-refractivity contribution >= 4 is 39.2 Å². The third-order valence-electron chi connectivity index (χ3n) is 5.61. The number of fused-ring (bicyclic) bond motifs is 3. The Morgan fingerprint density at radius 2 is 1.59 bits per heavy atom. The number of benzene rings is 4. The Labute approximate surface area is 191 Å². The number of nitrogens with one attached hydrogen (secondary N) is 1. The van der Waals surface area contributed by atoms with Crippen molar-refractivity contribution in [3.8, 4) is 11.3 Å². The van der Waals surface area contributed by atoms with Gasteiger partial charge in [0.05, 0.1) is 17.6 Å². The zero-order chi connectivity index (χ0) is 21.9. The van der Waals surface area contributed by atoms with Gasteiger partial charge in [-0.05, 0) is 40.1 Å². The lowest BCUT2D eigenvalue weighted by Crippen LogP contribution is -2.24. The van der Waals surface area contributed by atoms with Gasteiger partial charge in [-0.15, -0.1) is 0 Å². The van der Waals surface area contributed by atoms with Gasteiger partial charge in [-0.25, -0.2) is 4.98 Å². The smallest absolute Gasteiger partial charge is 0.224 e. The zero-order valence-corrected chi connectivity index (χ0v) is 18.1. The topological polar surface area (TPSA) is 42.0 Å². The van der Waals surface area contributed by atoms with Crippen molar-refractivity contribution in [3.05, 3.63) is 113 Å². The second-order valence-electron chi connectivity index (χ2n) is 7.77. The van der Waals surface area contributed by atoms with Crippen LogP contribution in [-0.2, 0) is 17.8 Å². The standard InChI is InChI=1S/C28H21ClN2O/c29-24-13-7-6-12-23(24)26-16-21(17-27(32)30-18-19-8-2-1-3-9-19)28-22-11-5-4-10-20(22)14-15-25(28)31-26/h1-16H,17-18H2,(H,30,32). The monoisotopic (exact) mass is 436 g/mol. The predicted molar refractivity (Wildman–Crippen MR) is 132 cm³/mol. The number of rotatable bonds is 5. The molecule has 0 unspecified atom stereocenters. The molecule has 0 bridgehead atoms. The first-order valence-corrected chi connectivity index (χ1v) is 10.9. The maximum absolute atomic E-state index is 12.9. The zero-order valence-electron chi connectivity index (χ0n) is 17.4. The van der Waals surface area contributed by atoms with Crippen molar-refractivity contribution in [2.75, 3.05) is 0 Å². The molecule has 3 nitrogen and oxygen atoms in total. The van der Waals surface area contributed by atoms with E-state index in [1.807, 2.05) is 78.9 Å². The maximum atomic E-state index is 12.9. The van der Waals surface area contributed by atoms with Crippen LogP contribution in [0, 0.1) is 0 Å². The predicted octanol–water partition coefficient (Wildman–Crippen LogP) is 6.57. The van der Waals surface area contributed by atoms with Crippen molar-refractivity contribution < 1.29 is 4.79 Å². The largest absolute Gasteiger partial charge is 0.352 e. The summed E-state index contributed by atoms with van der Waals surface area (Å²) < 4.78 is 0. The Morgan fingerprint density at radius 1 is 0.844 bits per heavy atom. The van der Waals surface area contributed by atoms with Crippen LogP contribution in [-0.4, -0.2) is 10.9 Å². The minimum atomic E-state index is -0.0283. The molecule has 1 aromatic heterocycles. The molecule has 4 heteroatoms. The fraction of sp³-hybridized carbons (Fsp3) is 0.0714. The first-order valence-electron chi connectivity index (χ1n) is 10.6. The average Bonchev–Trinajstić information content (AvgIpc) is 2.83. The molecule has 32 heavy (non-hydrogen) atoms. The number of amides is 1. The number of carbonyl (C=O) groups excluding carboxylic acids is 1. The van der Waals surface area contributed by atoms with E-state index in [2.05, 4.69) is 23.5 Å². The highest BCUT2D eigenvalue weighted by Gasteiger charge is 2.15. The second kappa shape index (κ2) is 8.81. The van der Waals surface area contributed by atoms with Gasteiger partial charge in [0, 0.05) is 22.5 Å². The van der Waals surface area contributed by atoms with Gasteiger partial charge >= 0.3 is 0 Å². The van der Waals surface area contributed by atoms with Gasteiger partial charge in [0.25, 0.3) is 0 Å². The van der Waals surface area contributed by atoms with E-state index in [9.17, 15) is 4.79 Å².